The highest BCUT2D eigenvalue weighted by Crippen LogP contribution is 2.13. The molecule has 0 unspecified atom stereocenters. The highest BCUT2D eigenvalue weighted by molar-refractivity contribution is 6.30. The van der Waals surface area contributed by atoms with Gasteiger partial charge in [-0.2, -0.15) is 0 Å². The molecule has 94 valence electrons. The van der Waals surface area contributed by atoms with Crippen molar-refractivity contribution in [3.63, 3.8) is 0 Å². The summed E-state index contributed by atoms with van der Waals surface area (Å²) in [5, 5.41) is 8.41. The van der Waals surface area contributed by atoms with E-state index in [4.69, 9.17) is 16.3 Å². The van der Waals surface area contributed by atoms with Crippen LogP contribution >= 0.6 is 11.6 Å². The number of hydrogen-bond acceptors (Lipinski definition) is 4. The van der Waals surface area contributed by atoms with Gasteiger partial charge in [-0.3, -0.25) is 4.79 Å². The Labute approximate surface area is 109 Å². The molecule has 0 N–H and O–H groups in total. The molecule has 1 aromatic carbocycles. The van der Waals surface area contributed by atoms with Crippen LogP contribution in [-0.4, -0.2) is 28.4 Å². The second-order valence-corrected chi connectivity index (χ2v) is 4.20. The van der Waals surface area contributed by atoms with Crippen molar-refractivity contribution in [3.8, 4) is 0 Å². The van der Waals surface area contributed by atoms with E-state index in [-0.39, 0.29) is 0 Å². The number of carbonyl (C=O) groups excluding carboxylic acids is 1. The minimum Gasteiger partial charge on any atom is -0.378 e. The van der Waals surface area contributed by atoms with Crippen LogP contribution in [0.5, 0.6) is 0 Å². The van der Waals surface area contributed by atoms with Gasteiger partial charge < -0.3 is 4.74 Å². The van der Waals surface area contributed by atoms with E-state index in [0.717, 1.165) is 5.56 Å². The Morgan fingerprint density at radius 1 is 1.50 bits per heavy atom. The van der Waals surface area contributed by atoms with Gasteiger partial charge in [-0.1, -0.05) is 28.9 Å². The Balaban J connectivity index is 2.28. The lowest BCUT2D eigenvalue weighted by Gasteiger charge is -2.06. The quantitative estimate of drug-likeness (QED) is 0.775. The molecule has 1 heterocycles. The zero-order valence-corrected chi connectivity index (χ0v) is 10.6. The van der Waals surface area contributed by atoms with Gasteiger partial charge in [0.1, 0.15) is 0 Å². The normalized spacial score (nSPS) is 10.6. The fourth-order valence-corrected chi connectivity index (χ4v) is 1.87. The van der Waals surface area contributed by atoms with Crippen LogP contribution in [0, 0.1) is 0 Å². The molecule has 0 spiro atoms. The minimum atomic E-state index is 0.293. The second kappa shape index (κ2) is 5.75. The van der Waals surface area contributed by atoms with Gasteiger partial charge in [-0.05, 0) is 17.7 Å². The van der Waals surface area contributed by atoms with E-state index in [0.29, 0.717) is 35.8 Å². The number of ether oxygens (including phenoxy) is 1. The fourth-order valence-electron chi connectivity index (χ4n) is 1.66. The van der Waals surface area contributed by atoms with Gasteiger partial charge in [0.2, 0.25) is 0 Å². The van der Waals surface area contributed by atoms with E-state index < -0.39 is 0 Å². The zero-order chi connectivity index (χ0) is 13.0. The Bertz CT molecular complexity index is 554. The molecule has 0 amide bonds. The van der Waals surface area contributed by atoms with Crippen LogP contribution in [0.2, 0.25) is 5.02 Å². The number of nitrogens with zero attached hydrogens (tertiary/aromatic N) is 3. The van der Waals surface area contributed by atoms with Crippen molar-refractivity contribution in [1.29, 1.82) is 0 Å². The van der Waals surface area contributed by atoms with Crippen LogP contribution in [-0.2, 0) is 17.9 Å². The average Bonchev–Trinajstić information content (AvgIpc) is 2.72. The maximum absolute atomic E-state index is 10.8. The van der Waals surface area contributed by atoms with E-state index >= 15 is 0 Å². The molecule has 0 bridgehead atoms. The lowest BCUT2D eigenvalue weighted by molar-refractivity contribution is 0.111. The van der Waals surface area contributed by atoms with Crippen molar-refractivity contribution in [2.45, 2.75) is 13.2 Å². The first-order valence-electron chi connectivity index (χ1n) is 5.35. The Kier molecular flexibility index (Phi) is 4.07. The number of rotatable bonds is 5. The van der Waals surface area contributed by atoms with Crippen LogP contribution < -0.4 is 0 Å². The molecule has 0 aliphatic heterocycles. The second-order valence-electron chi connectivity index (χ2n) is 3.76. The Morgan fingerprint density at radius 3 is 3.00 bits per heavy atom. The Hall–Kier alpha value is -1.72. The SMILES string of the molecule is COCc1c(C=O)nnn1Cc1cccc(Cl)c1. The number of carbonyl (C=O) groups is 1. The molecule has 2 aromatic rings. The lowest BCUT2D eigenvalue weighted by atomic mass is 10.2. The molecule has 0 atom stereocenters. The molecule has 0 saturated carbocycles. The van der Waals surface area contributed by atoms with Gasteiger partial charge in [-0.15, -0.1) is 5.10 Å². The number of methoxy groups -OCH3 is 1. The van der Waals surface area contributed by atoms with E-state index in [1.807, 2.05) is 18.2 Å². The van der Waals surface area contributed by atoms with E-state index in [9.17, 15) is 4.79 Å². The molecule has 0 fully saturated rings. The van der Waals surface area contributed by atoms with Gasteiger partial charge >= 0.3 is 0 Å². The van der Waals surface area contributed by atoms with Crippen LogP contribution in [0.4, 0.5) is 0 Å². The average molecular weight is 266 g/mol. The van der Waals surface area contributed by atoms with Crippen molar-refractivity contribution >= 4 is 17.9 Å². The van der Waals surface area contributed by atoms with Crippen molar-refractivity contribution < 1.29 is 9.53 Å². The topological polar surface area (TPSA) is 57.0 Å². The third kappa shape index (κ3) is 2.75. The predicted molar refractivity (Wildman–Crippen MR) is 66.7 cm³/mol. The molecule has 6 heteroatoms. The van der Waals surface area contributed by atoms with Gasteiger partial charge in [0, 0.05) is 12.1 Å². The first-order valence-corrected chi connectivity index (χ1v) is 5.73. The van der Waals surface area contributed by atoms with Crippen LogP contribution in [0.15, 0.2) is 24.3 Å². The molecule has 0 saturated heterocycles. The predicted octanol–water partition coefficient (Wildman–Crippen LogP) is 1.94. The van der Waals surface area contributed by atoms with Crippen molar-refractivity contribution in [1.82, 2.24) is 15.0 Å². The molecule has 1 aromatic heterocycles. The molecular formula is C12H12ClN3O2. The summed E-state index contributed by atoms with van der Waals surface area (Å²) in [5.41, 5.74) is 1.95. The molecule has 18 heavy (non-hydrogen) atoms. The monoisotopic (exact) mass is 265 g/mol. The summed E-state index contributed by atoms with van der Waals surface area (Å²) in [5.74, 6) is 0. The van der Waals surface area contributed by atoms with Crippen molar-refractivity contribution in [3.05, 3.63) is 46.2 Å². The molecular weight excluding hydrogens is 254 g/mol. The molecule has 0 aliphatic rings. The summed E-state index contributed by atoms with van der Waals surface area (Å²) >= 11 is 5.92. The number of aromatic nitrogens is 3. The van der Waals surface area contributed by atoms with Crippen LogP contribution in [0.1, 0.15) is 21.7 Å². The first-order chi connectivity index (χ1) is 8.74. The fraction of sp³-hybridized carbons (Fsp3) is 0.250. The summed E-state index contributed by atoms with van der Waals surface area (Å²) in [6, 6.07) is 7.45. The smallest absolute Gasteiger partial charge is 0.172 e. The highest BCUT2D eigenvalue weighted by atomic mass is 35.5. The standard InChI is InChI=1S/C12H12ClN3O2/c1-18-8-12-11(7-17)14-15-16(12)6-9-3-2-4-10(13)5-9/h2-5,7H,6,8H2,1H3. The lowest BCUT2D eigenvalue weighted by Crippen LogP contribution is -2.08. The minimum absolute atomic E-state index is 0.293. The van der Waals surface area contributed by atoms with Gasteiger partial charge in [-0.25, -0.2) is 4.68 Å². The molecule has 2 rings (SSSR count). The summed E-state index contributed by atoms with van der Waals surface area (Å²) in [7, 11) is 1.56. The van der Waals surface area contributed by atoms with Crippen LogP contribution in [0.3, 0.4) is 0 Å². The van der Waals surface area contributed by atoms with Crippen molar-refractivity contribution in [2.24, 2.45) is 0 Å². The van der Waals surface area contributed by atoms with E-state index in [1.54, 1.807) is 17.9 Å². The van der Waals surface area contributed by atoms with Gasteiger partial charge in [0.15, 0.2) is 12.0 Å². The van der Waals surface area contributed by atoms with Gasteiger partial charge in [0.05, 0.1) is 18.8 Å². The highest BCUT2D eigenvalue weighted by Gasteiger charge is 2.12. The Morgan fingerprint density at radius 2 is 2.33 bits per heavy atom. The zero-order valence-electron chi connectivity index (χ0n) is 9.84. The number of hydrogen-bond donors (Lipinski definition) is 0. The summed E-state index contributed by atoms with van der Waals surface area (Å²) in [4.78, 5) is 10.8. The van der Waals surface area contributed by atoms with Gasteiger partial charge in [0.25, 0.3) is 0 Å². The third-order valence-electron chi connectivity index (χ3n) is 2.48. The third-order valence-corrected chi connectivity index (χ3v) is 2.72. The summed E-state index contributed by atoms with van der Waals surface area (Å²) < 4.78 is 6.68. The largest absolute Gasteiger partial charge is 0.378 e. The molecule has 0 aliphatic carbocycles. The number of aldehydes is 1. The summed E-state index contributed by atoms with van der Waals surface area (Å²) in [6.07, 6.45) is 0.676. The molecule has 5 nitrogen and oxygen atoms in total. The first kappa shape index (κ1) is 12.7. The number of benzene rings is 1. The molecule has 0 radical (unpaired) electrons. The number of halogens is 1. The van der Waals surface area contributed by atoms with E-state index in [2.05, 4.69) is 10.3 Å². The van der Waals surface area contributed by atoms with Crippen LogP contribution in [0.25, 0.3) is 0 Å². The maximum Gasteiger partial charge on any atom is 0.172 e. The van der Waals surface area contributed by atoms with E-state index in [1.165, 1.54) is 0 Å². The van der Waals surface area contributed by atoms with Crippen molar-refractivity contribution in [2.75, 3.05) is 7.11 Å². The summed E-state index contributed by atoms with van der Waals surface area (Å²) in [6.45, 7) is 0.793. The maximum atomic E-state index is 10.8.